The van der Waals surface area contributed by atoms with Crippen LogP contribution in [-0.4, -0.2) is 15.8 Å². The zero-order valence-electron chi connectivity index (χ0n) is 8.58. The largest absolute Gasteiger partial charge is 0.288 e. The predicted molar refractivity (Wildman–Crippen MR) is 61.8 cm³/mol. The molecule has 0 aliphatic heterocycles. The number of hydrogen-bond acceptors (Lipinski definition) is 3. The predicted octanol–water partition coefficient (Wildman–Crippen LogP) is 2.37. The van der Waals surface area contributed by atoms with E-state index in [0.717, 1.165) is 5.56 Å². The molecule has 0 aliphatic carbocycles. The molecule has 0 saturated carbocycles. The van der Waals surface area contributed by atoms with Crippen molar-refractivity contribution in [3.05, 3.63) is 66.3 Å². The molecule has 78 valence electrons. The maximum Gasteiger partial charge on any atom is 0.204 e. The van der Waals surface area contributed by atoms with Gasteiger partial charge < -0.3 is 0 Å². The van der Waals surface area contributed by atoms with Crippen molar-refractivity contribution >= 4 is 11.9 Å². The SMILES string of the molecule is O=C(C=Cc1cccnc1)c1ccccn1. The molecule has 2 heterocycles. The van der Waals surface area contributed by atoms with E-state index in [1.54, 1.807) is 42.9 Å². The first-order valence-electron chi connectivity index (χ1n) is 4.90. The number of carbonyl (C=O) groups excluding carboxylic acids is 1. The van der Waals surface area contributed by atoms with E-state index in [-0.39, 0.29) is 5.78 Å². The first-order valence-corrected chi connectivity index (χ1v) is 4.90. The van der Waals surface area contributed by atoms with Crippen LogP contribution in [0.4, 0.5) is 0 Å². The molecular weight excluding hydrogens is 200 g/mol. The van der Waals surface area contributed by atoms with E-state index in [2.05, 4.69) is 9.97 Å². The molecule has 0 bridgehead atoms. The monoisotopic (exact) mass is 210 g/mol. The van der Waals surface area contributed by atoms with Crippen LogP contribution < -0.4 is 0 Å². The van der Waals surface area contributed by atoms with Crippen molar-refractivity contribution < 1.29 is 4.79 Å². The fourth-order valence-corrected chi connectivity index (χ4v) is 1.24. The summed E-state index contributed by atoms with van der Waals surface area (Å²) in [4.78, 5) is 19.6. The van der Waals surface area contributed by atoms with E-state index in [0.29, 0.717) is 5.69 Å². The van der Waals surface area contributed by atoms with E-state index in [4.69, 9.17) is 0 Å². The van der Waals surface area contributed by atoms with E-state index in [1.807, 2.05) is 12.1 Å². The Bertz CT molecular complexity index is 492. The van der Waals surface area contributed by atoms with Gasteiger partial charge in [0, 0.05) is 18.6 Å². The number of rotatable bonds is 3. The van der Waals surface area contributed by atoms with Gasteiger partial charge in [-0.15, -0.1) is 0 Å². The number of pyridine rings is 2. The van der Waals surface area contributed by atoms with Crippen molar-refractivity contribution in [3.63, 3.8) is 0 Å². The van der Waals surface area contributed by atoms with Crippen LogP contribution in [0.5, 0.6) is 0 Å². The fourth-order valence-electron chi connectivity index (χ4n) is 1.24. The lowest BCUT2D eigenvalue weighted by Gasteiger charge is -1.93. The summed E-state index contributed by atoms with van der Waals surface area (Å²) in [7, 11) is 0. The van der Waals surface area contributed by atoms with Crippen LogP contribution in [0.25, 0.3) is 6.08 Å². The van der Waals surface area contributed by atoms with Crippen LogP contribution in [0, 0.1) is 0 Å². The van der Waals surface area contributed by atoms with E-state index in [9.17, 15) is 4.79 Å². The third kappa shape index (κ3) is 2.60. The number of hydrogen-bond donors (Lipinski definition) is 0. The lowest BCUT2D eigenvalue weighted by Crippen LogP contribution is -1.96. The van der Waals surface area contributed by atoms with Gasteiger partial charge in [-0.25, -0.2) is 0 Å². The highest BCUT2D eigenvalue weighted by Crippen LogP contribution is 2.02. The molecule has 0 unspecified atom stereocenters. The fraction of sp³-hybridized carbons (Fsp3) is 0. The molecule has 0 aliphatic rings. The Kier molecular flexibility index (Phi) is 3.18. The molecule has 2 rings (SSSR count). The Hall–Kier alpha value is -2.29. The molecule has 16 heavy (non-hydrogen) atoms. The molecule has 0 radical (unpaired) electrons. The summed E-state index contributed by atoms with van der Waals surface area (Å²) in [6.07, 6.45) is 8.22. The Morgan fingerprint density at radius 2 is 2.06 bits per heavy atom. The molecule has 2 aromatic rings. The maximum atomic E-state index is 11.6. The zero-order chi connectivity index (χ0) is 11.2. The molecule has 3 nitrogen and oxygen atoms in total. The summed E-state index contributed by atoms with van der Waals surface area (Å²) >= 11 is 0. The summed E-state index contributed by atoms with van der Waals surface area (Å²) < 4.78 is 0. The van der Waals surface area contributed by atoms with E-state index < -0.39 is 0 Å². The van der Waals surface area contributed by atoms with Crippen LogP contribution >= 0.6 is 0 Å². The van der Waals surface area contributed by atoms with Gasteiger partial charge in [-0.1, -0.05) is 12.1 Å². The minimum Gasteiger partial charge on any atom is -0.288 e. The number of aromatic nitrogens is 2. The number of nitrogens with zero attached hydrogens (tertiary/aromatic N) is 2. The number of carbonyl (C=O) groups is 1. The van der Waals surface area contributed by atoms with Crippen LogP contribution in [0.3, 0.4) is 0 Å². The second-order valence-corrected chi connectivity index (χ2v) is 3.20. The van der Waals surface area contributed by atoms with Crippen molar-refractivity contribution in [1.29, 1.82) is 0 Å². The van der Waals surface area contributed by atoms with Gasteiger partial charge in [-0.2, -0.15) is 0 Å². The first kappa shape index (κ1) is 10.2. The van der Waals surface area contributed by atoms with Gasteiger partial charge in [0.1, 0.15) is 5.69 Å². The minimum atomic E-state index is -0.107. The van der Waals surface area contributed by atoms with Crippen molar-refractivity contribution in [3.8, 4) is 0 Å². The summed E-state index contributed by atoms with van der Waals surface area (Å²) in [5.74, 6) is -0.107. The average Bonchev–Trinajstić information content (AvgIpc) is 2.38. The van der Waals surface area contributed by atoms with Crippen molar-refractivity contribution in [2.45, 2.75) is 0 Å². The lowest BCUT2D eigenvalue weighted by molar-refractivity contribution is 0.104. The third-order valence-electron chi connectivity index (χ3n) is 2.03. The van der Waals surface area contributed by atoms with Gasteiger partial charge >= 0.3 is 0 Å². The lowest BCUT2D eigenvalue weighted by atomic mass is 10.2. The van der Waals surface area contributed by atoms with Gasteiger partial charge in [0.15, 0.2) is 0 Å². The summed E-state index contributed by atoms with van der Waals surface area (Å²) in [6, 6.07) is 8.97. The molecular formula is C13H10N2O. The Morgan fingerprint density at radius 3 is 2.75 bits per heavy atom. The second kappa shape index (κ2) is 4.98. The first-order chi connectivity index (χ1) is 7.86. The molecule has 0 atom stereocenters. The maximum absolute atomic E-state index is 11.6. The Balaban J connectivity index is 2.12. The van der Waals surface area contributed by atoms with Gasteiger partial charge in [-0.05, 0) is 35.9 Å². The van der Waals surface area contributed by atoms with Gasteiger partial charge in [0.2, 0.25) is 5.78 Å². The Labute approximate surface area is 93.5 Å². The normalized spacial score (nSPS) is 10.5. The van der Waals surface area contributed by atoms with Crippen LogP contribution in [0.2, 0.25) is 0 Å². The molecule has 0 fully saturated rings. The van der Waals surface area contributed by atoms with E-state index in [1.165, 1.54) is 6.08 Å². The van der Waals surface area contributed by atoms with Crippen molar-refractivity contribution in [1.82, 2.24) is 9.97 Å². The zero-order valence-corrected chi connectivity index (χ0v) is 8.58. The number of allylic oxidation sites excluding steroid dienone is 1. The van der Waals surface area contributed by atoms with Crippen molar-refractivity contribution in [2.75, 3.05) is 0 Å². The molecule has 0 N–H and O–H groups in total. The minimum absolute atomic E-state index is 0.107. The summed E-state index contributed by atoms with van der Waals surface area (Å²) in [5.41, 5.74) is 1.34. The van der Waals surface area contributed by atoms with Crippen molar-refractivity contribution in [2.24, 2.45) is 0 Å². The number of ketones is 1. The van der Waals surface area contributed by atoms with Crippen LogP contribution in [0.1, 0.15) is 16.1 Å². The van der Waals surface area contributed by atoms with Crippen LogP contribution in [0.15, 0.2) is 55.0 Å². The quantitative estimate of drug-likeness (QED) is 0.577. The standard InChI is InChI=1S/C13H10N2O/c16-13(12-5-1-2-9-15-12)7-6-11-4-3-8-14-10-11/h1-10H. The highest BCUT2D eigenvalue weighted by molar-refractivity contribution is 6.05. The molecule has 0 amide bonds. The highest BCUT2D eigenvalue weighted by Gasteiger charge is 2.00. The van der Waals surface area contributed by atoms with E-state index >= 15 is 0 Å². The summed E-state index contributed by atoms with van der Waals surface area (Å²) in [5, 5.41) is 0. The molecule has 0 spiro atoms. The Morgan fingerprint density at radius 1 is 1.12 bits per heavy atom. The smallest absolute Gasteiger partial charge is 0.204 e. The molecule has 0 aromatic carbocycles. The van der Waals surface area contributed by atoms with Gasteiger partial charge in [-0.3, -0.25) is 14.8 Å². The summed E-state index contributed by atoms with van der Waals surface area (Å²) in [6.45, 7) is 0. The third-order valence-corrected chi connectivity index (χ3v) is 2.03. The average molecular weight is 210 g/mol. The molecule has 3 heteroatoms. The topological polar surface area (TPSA) is 42.9 Å². The second-order valence-electron chi connectivity index (χ2n) is 3.20. The van der Waals surface area contributed by atoms with Gasteiger partial charge in [0.25, 0.3) is 0 Å². The van der Waals surface area contributed by atoms with Crippen LogP contribution in [-0.2, 0) is 0 Å². The molecule has 0 saturated heterocycles. The highest BCUT2D eigenvalue weighted by atomic mass is 16.1. The molecule has 2 aromatic heterocycles. The van der Waals surface area contributed by atoms with Gasteiger partial charge in [0.05, 0.1) is 0 Å².